The van der Waals surface area contributed by atoms with Crippen LogP contribution >= 0.6 is 27.5 Å². The van der Waals surface area contributed by atoms with Gasteiger partial charge in [-0.05, 0) is 31.9 Å². The number of nitrogens with zero attached hydrogens (tertiary/aromatic N) is 1. The molecule has 1 aromatic carbocycles. The molecule has 7 heteroatoms. The van der Waals surface area contributed by atoms with E-state index in [9.17, 15) is 12.8 Å². The first-order valence-electron chi connectivity index (χ1n) is 6.43. The zero-order valence-corrected chi connectivity index (χ0v) is 14.2. The predicted octanol–water partition coefficient (Wildman–Crippen LogP) is 3.89. The molecule has 3 nitrogen and oxygen atoms in total. The Kier molecular flexibility index (Phi) is 5.10. The number of sulfonamides is 1. The number of halogens is 3. The van der Waals surface area contributed by atoms with Gasteiger partial charge in [-0.2, -0.15) is 4.31 Å². The van der Waals surface area contributed by atoms with Crippen LogP contribution in [0.2, 0.25) is 0 Å². The molecular formula is C13H16BrClFNO2S. The lowest BCUT2D eigenvalue weighted by Crippen LogP contribution is -2.42. The highest BCUT2D eigenvalue weighted by atomic mass is 79.9. The molecule has 1 aromatic rings. The second-order valence-corrected chi connectivity index (χ2v) is 8.01. The Morgan fingerprint density at radius 3 is 2.75 bits per heavy atom. The van der Waals surface area contributed by atoms with Crippen molar-refractivity contribution in [2.24, 2.45) is 0 Å². The molecule has 1 aliphatic rings. The zero-order chi connectivity index (χ0) is 14.9. The molecule has 1 fully saturated rings. The fourth-order valence-corrected chi connectivity index (χ4v) is 5.14. The van der Waals surface area contributed by atoms with Crippen molar-refractivity contribution in [2.45, 2.75) is 43.0 Å². The second-order valence-electron chi connectivity index (χ2n) is 4.97. The first-order chi connectivity index (χ1) is 9.37. The summed E-state index contributed by atoms with van der Waals surface area (Å²) in [6.45, 7) is 2.29. The van der Waals surface area contributed by atoms with Crippen LogP contribution in [0.3, 0.4) is 0 Å². The van der Waals surface area contributed by atoms with Crippen LogP contribution in [-0.2, 0) is 15.9 Å². The van der Waals surface area contributed by atoms with E-state index in [0.717, 1.165) is 19.3 Å². The summed E-state index contributed by atoms with van der Waals surface area (Å²) in [6, 6.07) is 2.70. The van der Waals surface area contributed by atoms with E-state index in [1.807, 2.05) is 6.92 Å². The fraction of sp³-hybridized carbons (Fsp3) is 0.538. The number of alkyl halides is 1. The summed E-state index contributed by atoms with van der Waals surface area (Å²) in [5, 5.41) is 0. The first kappa shape index (κ1) is 16.2. The van der Waals surface area contributed by atoms with Crippen LogP contribution in [0, 0.1) is 5.82 Å². The first-order valence-corrected chi connectivity index (χ1v) is 9.20. The van der Waals surface area contributed by atoms with Gasteiger partial charge in [0.25, 0.3) is 0 Å². The van der Waals surface area contributed by atoms with E-state index in [1.54, 1.807) is 0 Å². The molecule has 1 unspecified atom stereocenters. The Bertz CT molecular complexity index is 609. The van der Waals surface area contributed by atoms with E-state index >= 15 is 0 Å². The third kappa shape index (κ3) is 3.03. The Balaban J connectivity index is 2.51. The Hall–Kier alpha value is -0.170. The van der Waals surface area contributed by atoms with Gasteiger partial charge in [0.15, 0.2) is 0 Å². The molecule has 1 heterocycles. The maximum Gasteiger partial charge on any atom is 0.246 e. The molecule has 1 aliphatic heterocycles. The molecule has 1 saturated heterocycles. The normalized spacial score (nSPS) is 21.1. The van der Waals surface area contributed by atoms with Crippen LogP contribution in [0.25, 0.3) is 0 Å². The van der Waals surface area contributed by atoms with Crippen LogP contribution in [0.5, 0.6) is 0 Å². The van der Waals surface area contributed by atoms with Crippen LogP contribution in [-0.4, -0.2) is 25.3 Å². The Morgan fingerprint density at radius 1 is 1.45 bits per heavy atom. The van der Waals surface area contributed by atoms with Crippen molar-refractivity contribution in [1.82, 2.24) is 4.31 Å². The summed E-state index contributed by atoms with van der Waals surface area (Å²) in [5.41, 5.74) is 0.185. The summed E-state index contributed by atoms with van der Waals surface area (Å²) < 4.78 is 41.5. The third-order valence-corrected chi connectivity index (χ3v) is 6.31. The van der Waals surface area contributed by atoms with Crippen molar-refractivity contribution in [3.8, 4) is 0 Å². The maximum atomic E-state index is 14.3. The minimum absolute atomic E-state index is 0.0661. The third-order valence-electron chi connectivity index (χ3n) is 3.55. The molecule has 0 saturated carbocycles. The van der Waals surface area contributed by atoms with Gasteiger partial charge < -0.3 is 0 Å². The zero-order valence-electron chi connectivity index (χ0n) is 11.1. The molecule has 112 valence electrons. The highest BCUT2D eigenvalue weighted by molar-refractivity contribution is 9.10. The lowest BCUT2D eigenvalue weighted by molar-refractivity contribution is 0.268. The van der Waals surface area contributed by atoms with Crippen LogP contribution in [0.1, 0.15) is 31.7 Å². The summed E-state index contributed by atoms with van der Waals surface area (Å²) in [7, 11) is -3.83. The largest absolute Gasteiger partial charge is 0.246 e. The van der Waals surface area contributed by atoms with E-state index in [-0.39, 0.29) is 22.4 Å². The van der Waals surface area contributed by atoms with Crippen LogP contribution in [0.15, 0.2) is 21.5 Å². The number of rotatable bonds is 3. The van der Waals surface area contributed by atoms with Crippen molar-refractivity contribution in [1.29, 1.82) is 0 Å². The second kappa shape index (κ2) is 6.30. The average Bonchev–Trinajstić information content (AvgIpc) is 2.41. The topological polar surface area (TPSA) is 37.4 Å². The van der Waals surface area contributed by atoms with E-state index in [0.29, 0.717) is 11.0 Å². The lowest BCUT2D eigenvalue weighted by Gasteiger charge is -2.32. The van der Waals surface area contributed by atoms with Gasteiger partial charge in [0.05, 0.1) is 5.88 Å². The van der Waals surface area contributed by atoms with Gasteiger partial charge in [-0.25, -0.2) is 12.8 Å². The van der Waals surface area contributed by atoms with Gasteiger partial charge >= 0.3 is 0 Å². The molecule has 0 bridgehead atoms. The van der Waals surface area contributed by atoms with Crippen molar-refractivity contribution < 1.29 is 12.8 Å². The van der Waals surface area contributed by atoms with Crippen LogP contribution in [0.4, 0.5) is 4.39 Å². The predicted molar refractivity (Wildman–Crippen MR) is 80.9 cm³/mol. The number of benzene rings is 1. The number of hydrogen-bond acceptors (Lipinski definition) is 2. The summed E-state index contributed by atoms with van der Waals surface area (Å²) in [4.78, 5) is -0.295. The maximum absolute atomic E-state index is 14.3. The highest BCUT2D eigenvalue weighted by Crippen LogP contribution is 2.30. The minimum atomic E-state index is -3.83. The average molecular weight is 385 g/mol. The number of piperidine rings is 1. The summed E-state index contributed by atoms with van der Waals surface area (Å²) in [6.07, 6.45) is 2.61. The molecule has 0 amide bonds. The Morgan fingerprint density at radius 2 is 2.15 bits per heavy atom. The molecule has 0 radical (unpaired) electrons. The minimum Gasteiger partial charge on any atom is -0.207 e. The number of hydrogen-bond donors (Lipinski definition) is 0. The molecule has 1 atom stereocenters. The lowest BCUT2D eigenvalue weighted by atomic mass is 10.1. The van der Waals surface area contributed by atoms with Crippen molar-refractivity contribution >= 4 is 37.6 Å². The monoisotopic (exact) mass is 383 g/mol. The molecule has 0 aliphatic carbocycles. The van der Waals surface area contributed by atoms with Gasteiger partial charge in [-0.1, -0.05) is 22.4 Å². The van der Waals surface area contributed by atoms with Crippen molar-refractivity contribution in [2.75, 3.05) is 6.54 Å². The van der Waals surface area contributed by atoms with Gasteiger partial charge in [-0.15, -0.1) is 11.6 Å². The van der Waals surface area contributed by atoms with E-state index in [1.165, 1.54) is 16.4 Å². The van der Waals surface area contributed by atoms with Crippen molar-refractivity contribution in [3.05, 3.63) is 28.0 Å². The summed E-state index contributed by atoms with van der Waals surface area (Å²) >= 11 is 8.88. The Labute approximate surface area is 132 Å². The molecule has 0 aromatic heterocycles. The highest BCUT2D eigenvalue weighted by Gasteiger charge is 2.33. The quantitative estimate of drug-likeness (QED) is 0.741. The molecule has 20 heavy (non-hydrogen) atoms. The summed E-state index contributed by atoms with van der Waals surface area (Å²) in [5.74, 6) is -0.815. The van der Waals surface area contributed by atoms with E-state index in [2.05, 4.69) is 15.9 Å². The van der Waals surface area contributed by atoms with Crippen molar-refractivity contribution in [3.63, 3.8) is 0 Å². The molecule has 2 rings (SSSR count). The van der Waals surface area contributed by atoms with E-state index in [4.69, 9.17) is 11.6 Å². The standard InChI is InChI=1S/C13H16BrClFNO2S/c1-9-4-2-3-5-17(9)20(18,19)12-7-11(14)6-10(8-15)13(12)16/h6-7,9H,2-5,8H2,1H3. The van der Waals surface area contributed by atoms with Gasteiger partial charge in [-0.3, -0.25) is 0 Å². The molecular weight excluding hydrogens is 369 g/mol. The molecule has 0 spiro atoms. The van der Waals surface area contributed by atoms with Gasteiger partial charge in [0.2, 0.25) is 10.0 Å². The van der Waals surface area contributed by atoms with Gasteiger partial charge in [0, 0.05) is 22.6 Å². The van der Waals surface area contributed by atoms with Gasteiger partial charge in [0.1, 0.15) is 10.7 Å². The molecule has 0 N–H and O–H groups in total. The smallest absolute Gasteiger partial charge is 0.207 e. The fourth-order valence-electron chi connectivity index (χ4n) is 2.46. The van der Waals surface area contributed by atoms with Crippen LogP contribution < -0.4 is 0 Å². The SMILES string of the molecule is CC1CCCCN1S(=O)(=O)c1cc(Br)cc(CCl)c1F. The van der Waals surface area contributed by atoms with E-state index < -0.39 is 15.8 Å².